The first-order valence-corrected chi connectivity index (χ1v) is 14.5. The summed E-state index contributed by atoms with van der Waals surface area (Å²) in [6.45, 7) is 8.12. The molecule has 1 amide bonds. The Kier molecular flexibility index (Phi) is 8.42. The molecule has 41 heavy (non-hydrogen) atoms. The number of allylic oxidation sites excluding steroid dienone is 1. The molecule has 210 valence electrons. The number of fused-ring (bicyclic) bond motifs is 1. The summed E-state index contributed by atoms with van der Waals surface area (Å²) in [4.78, 5) is 33.0. The summed E-state index contributed by atoms with van der Waals surface area (Å²) in [7, 11) is 0. The summed E-state index contributed by atoms with van der Waals surface area (Å²) in [5.74, 6) is 1.00. The van der Waals surface area contributed by atoms with Crippen LogP contribution in [0.5, 0.6) is 11.5 Å². The van der Waals surface area contributed by atoms with Gasteiger partial charge in [0.15, 0.2) is 4.80 Å². The topological polar surface area (TPSA) is 81.9 Å². The van der Waals surface area contributed by atoms with Crippen molar-refractivity contribution in [1.82, 2.24) is 4.57 Å². The van der Waals surface area contributed by atoms with Gasteiger partial charge in [0.05, 0.1) is 34.6 Å². The van der Waals surface area contributed by atoms with Gasteiger partial charge in [0.2, 0.25) is 0 Å². The zero-order valence-electron chi connectivity index (χ0n) is 23.2. The van der Waals surface area contributed by atoms with Crippen molar-refractivity contribution in [1.29, 1.82) is 0 Å². The Balaban J connectivity index is 1.67. The van der Waals surface area contributed by atoms with E-state index < -0.39 is 6.04 Å². The third-order valence-corrected chi connectivity index (χ3v) is 7.64. The summed E-state index contributed by atoms with van der Waals surface area (Å²) in [6.07, 6.45) is 1.71. The van der Waals surface area contributed by atoms with Gasteiger partial charge in [-0.15, -0.1) is 0 Å². The summed E-state index contributed by atoms with van der Waals surface area (Å²) >= 11 is 7.56. The van der Waals surface area contributed by atoms with Crippen molar-refractivity contribution in [3.05, 3.63) is 120 Å². The molecular formula is C32H30ClN3O4S. The molecule has 3 aromatic carbocycles. The minimum absolute atomic E-state index is 0.0578. The molecule has 1 aliphatic heterocycles. The van der Waals surface area contributed by atoms with Gasteiger partial charge in [-0.2, -0.15) is 0 Å². The van der Waals surface area contributed by atoms with E-state index in [9.17, 15) is 9.59 Å². The van der Waals surface area contributed by atoms with E-state index in [-0.39, 0.29) is 17.6 Å². The average Bonchev–Trinajstić information content (AvgIpc) is 3.24. The number of rotatable bonds is 8. The van der Waals surface area contributed by atoms with Crippen molar-refractivity contribution in [2.75, 3.05) is 11.9 Å². The Morgan fingerprint density at radius 3 is 2.54 bits per heavy atom. The Hall–Kier alpha value is -4.14. The molecule has 9 heteroatoms. The van der Waals surface area contributed by atoms with Crippen molar-refractivity contribution in [3.8, 4) is 11.5 Å². The molecule has 4 aromatic rings. The number of nitrogens with zero attached hydrogens (tertiary/aromatic N) is 2. The maximum absolute atomic E-state index is 14.1. The van der Waals surface area contributed by atoms with Gasteiger partial charge in [0.25, 0.3) is 11.5 Å². The lowest BCUT2D eigenvalue weighted by molar-refractivity contribution is -0.113. The van der Waals surface area contributed by atoms with E-state index in [0.29, 0.717) is 55.0 Å². The zero-order valence-corrected chi connectivity index (χ0v) is 24.8. The number of thiazole rings is 1. The molecule has 1 aliphatic rings. The molecule has 0 saturated heterocycles. The van der Waals surface area contributed by atoms with E-state index in [1.807, 2.05) is 75.4 Å². The number of nitrogens with one attached hydrogen (secondary N) is 1. The summed E-state index contributed by atoms with van der Waals surface area (Å²) in [5, 5.41) is 3.50. The molecule has 5 rings (SSSR count). The van der Waals surface area contributed by atoms with Crippen LogP contribution in [-0.4, -0.2) is 23.2 Å². The highest BCUT2D eigenvalue weighted by molar-refractivity contribution is 7.07. The largest absolute Gasteiger partial charge is 0.494 e. The van der Waals surface area contributed by atoms with Crippen LogP contribution in [0.3, 0.4) is 0 Å². The number of halogens is 1. The Morgan fingerprint density at radius 1 is 1.12 bits per heavy atom. The molecule has 0 radical (unpaired) electrons. The van der Waals surface area contributed by atoms with Gasteiger partial charge in [-0.05, 0) is 81.8 Å². The second-order valence-electron chi connectivity index (χ2n) is 9.75. The molecular weight excluding hydrogens is 558 g/mol. The SMILES string of the molecule is CCOc1ccc([C@@H]2C(C(=O)Nc3ccccc3)=C(C)N=c3s/c(=C\c4cc(Cl)ccc4OC(C)C)c(=O)n32)cc1. The minimum atomic E-state index is -0.696. The second-order valence-corrected chi connectivity index (χ2v) is 11.2. The standard InChI is InChI=1S/C32H30ClN3O4S/c1-5-39-25-14-11-21(12-15-25)29-28(30(37)35-24-9-7-6-8-10-24)20(4)34-32-36(29)31(38)27(41-32)18-22-17-23(33)13-16-26(22)40-19(2)3/h6-19,29H,5H2,1-4H3,(H,35,37)/b27-18-/t29-/m1/s1. The number of anilines is 1. The third-order valence-electron chi connectivity index (χ3n) is 6.43. The van der Waals surface area contributed by atoms with Crippen molar-refractivity contribution in [2.45, 2.75) is 39.8 Å². The molecule has 0 saturated carbocycles. The fourth-order valence-electron chi connectivity index (χ4n) is 4.69. The number of carbonyl (C=O) groups excluding carboxylic acids is 1. The molecule has 0 aliphatic carbocycles. The van der Waals surface area contributed by atoms with Crippen molar-refractivity contribution >= 4 is 40.6 Å². The minimum Gasteiger partial charge on any atom is -0.494 e. The highest BCUT2D eigenvalue weighted by atomic mass is 35.5. The van der Waals surface area contributed by atoms with Crippen molar-refractivity contribution in [3.63, 3.8) is 0 Å². The van der Waals surface area contributed by atoms with Crippen LogP contribution in [0.15, 0.2) is 93.9 Å². The lowest BCUT2D eigenvalue weighted by Gasteiger charge is -2.25. The van der Waals surface area contributed by atoms with E-state index >= 15 is 0 Å². The van der Waals surface area contributed by atoms with E-state index in [1.165, 1.54) is 11.3 Å². The quantitative estimate of drug-likeness (QED) is 0.286. The van der Waals surface area contributed by atoms with Crippen LogP contribution in [0.25, 0.3) is 6.08 Å². The molecule has 7 nitrogen and oxygen atoms in total. The van der Waals surface area contributed by atoms with Gasteiger partial charge in [-0.25, -0.2) is 4.99 Å². The second kappa shape index (κ2) is 12.2. The monoisotopic (exact) mass is 587 g/mol. The highest BCUT2D eigenvalue weighted by Gasteiger charge is 2.32. The predicted molar refractivity (Wildman–Crippen MR) is 164 cm³/mol. The highest BCUT2D eigenvalue weighted by Crippen LogP contribution is 2.32. The first-order valence-electron chi connectivity index (χ1n) is 13.3. The van der Waals surface area contributed by atoms with Crippen LogP contribution in [-0.2, 0) is 4.79 Å². The molecule has 1 atom stereocenters. The number of benzene rings is 3. The molecule has 0 fully saturated rings. The number of ether oxygens (including phenoxy) is 2. The molecule has 0 bridgehead atoms. The molecule has 1 N–H and O–H groups in total. The Bertz CT molecular complexity index is 1790. The van der Waals surface area contributed by atoms with Crippen LogP contribution in [0.4, 0.5) is 5.69 Å². The molecule has 2 heterocycles. The normalized spacial score (nSPS) is 15.0. The van der Waals surface area contributed by atoms with Crippen molar-refractivity contribution in [2.24, 2.45) is 4.99 Å². The van der Waals surface area contributed by atoms with Crippen LogP contribution in [0.1, 0.15) is 44.9 Å². The zero-order chi connectivity index (χ0) is 29.1. The lowest BCUT2D eigenvalue weighted by Crippen LogP contribution is -2.40. The maximum Gasteiger partial charge on any atom is 0.271 e. The fourth-order valence-corrected chi connectivity index (χ4v) is 5.91. The van der Waals surface area contributed by atoms with Crippen LogP contribution in [0, 0.1) is 0 Å². The number of hydrogen-bond acceptors (Lipinski definition) is 6. The smallest absolute Gasteiger partial charge is 0.271 e. The summed E-state index contributed by atoms with van der Waals surface area (Å²) in [5.41, 5.74) is 2.77. The molecule has 0 spiro atoms. The van der Waals surface area contributed by atoms with Gasteiger partial charge in [0, 0.05) is 16.3 Å². The van der Waals surface area contributed by atoms with Gasteiger partial charge >= 0.3 is 0 Å². The van der Waals surface area contributed by atoms with E-state index in [0.717, 1.165) is 5.56 Å². The molecule has 0 unspecified atom stereocenters. The number of hydrogen-bond donors (Lipinski definition) is 1. The number of carbonyl (C=O) groups is 1. The van der Waals surface area contributed by atoms with Gasteiger partial charge in [-0.3, -0.25) is 14.2 Å². The van der Waals surface area contributed by atoms with E-state index in [2.05, 4.69) is 5.32 Å². The number of aromatic nitrogens is 1. The average molecular weight is 588 g/mol. The van der Waals surface area contributed by atoms with Gasteiger partial charge in [0.1, 0.15) is 11.5 Å². The van der Waals surface area contributed by atoms with Crippen molar-refractivity contribution < 1.29 is 14.3 Å². The first-order chi connectivity index (χ1) is 19.7. The van der Waals surface area contributed by atoms with Gasteiger partial charge < -0.3 is 14.8 Å². The van der Waals surface area contributed by atoms with E-state index in [1.54, 1.807) is 35.8 Å². The van der Waals surface area contributed by atoms with Crippen LogP contribution >= 0.6 is 22.9 Å². The summed E-state index contributed by atoms with van der Waals surface area (Å²) in [6, 6.07) is 21.3. The van der Waals surface area contributed by atoms with Gasteiger partial charge in [-0.1, -0.05) is 53.3 Å². The van der Waals surface area contributed by atoms with Crippen LogP contribution in [0.2, 0.25) is 5.02 Å². The lowest BCUT2D eigenvalue weighted by atomic mass is 9.95. The number of amides is 1. The van der Waals surface area contributed by atoms with Crippen LogP contribution < -0.4 is 29.7 Å². The van der Waals surface area contributed by atoms with E-state index in [4.69, 9.17) is 26.1 Å². The first kappa shape index (κ1) is 28.4. The molecule has 1 aromatic heterocycles. The third kappa shape index (κ3) is 6.14. The Labute approximate surface area is 247 Å². The summed E-state index contributed by atoms with van der Waals surface area (Å²) < 4.78 is 13.6. The predicted octanol–water partition coefficient (Wildman–Crippen LogP) is 5.71. The number of para-hydroxylation sites is 1. The maximum atomic E-state index is 14.1. The fraction of sp³-hybridized carbons (Fsp3) is 0.219. The Morgan fingerprint density at radius 2 is 1.85 bits per heavy atom.